The molecule has 0 spiro atoms. The standard InChI is InChI=1S/C71H52O/c1-69(2)58-27-23-41(39-19-21-47-31-45-13-7-9-15-49(45)52(47)33-39)36-55(58)64-66(69)63-56-37-42(40-20-22-48-32-46-14-8-10-16-50(46)53(48)34-40)24-28-59(56)70(3,4)67(63)65-57-38-43(25-29-60(57)71(5,6)68(64)65)44-26-30-62-54(35-44)51-17-11-12-18-61(51)72-62/h7-30,33-38H,31-32H2,1-6H3. The number of benzene rings is 10. The van der Waals surface area contributed by atoms with E-state index in [1.165, 1.54) is 145 Å². The lowest BCUT2D eigenvalue weighted by molar-refractivity contribution is 0.636. The van der Waals surface area contributed by atoms with Crippen LogP contribution in [-0.2, 0) is 29.1 Å². The van der Waals surface area contributed by atoms with E-state index in [2.05, 4.69) is 224 Å². The molecule has 0 N–H and O–H groups in total. The topological polar surface area (TPSA) is 13.1 Å². The molecule has 0 aliphatic heterocycles. The lowest BCUT2D eigenvalue weighted by atomic mass is 9.71. The number of furan rings is 1. The van der Waals surface area contributed by atoms with Crippen molar-refractivity contribution in [3.8, 4) is 89.0 Å². The molecule has 5 aliphatic carbocycles. The molecule has 1 nitrogen and oxygen atoms in total. The van der Waals surface area contributed by atoms with Gasteiger partial charge >= 0.3 is 0 Å². The smallest absolute Gasteiger partial charge is 0.135 e. The Bertz CT molecular complexity index is 4160. The lowest BCUT2D eigenvalue weighted by Gasteiger charge is -2.31. The minimum absolute atomic E-state index is 0.261. The summed E-state index contributed by atoms with van der Waals surface area (Å²) in [6.07, 6.45) is 2.00. The summed E-state index contributed by atoms with van der Waals surface area (Å²) in [7, 11) is 0. The highest BCUT2D eigenvalue weighted by Gasteiger charge is 2.52. The molecule has 342 valence electrons. The maximum Gasteiger partial charge on any atom is 0.135 e. The fourth-order valence-corrected chi connectivity index (χ4v) is 14.8. The number of fused-ring (bicyclic) bond motifs is 21. The van der Waals surface area contributed by atoms with Gasteiger partial charge in [-0.1, -0.05) is 175 Å². The van der Waals surface area contributed by atoms with E-state index < -0.39 is 0 Å². The van der Waals surface area contributed by atoms with E-state index in [1.807, 2.05) is 0 Å². The number of hydrogen-bond acceptors (Lipinski definition) is 1. The van der Waals surface area contributed by atoms with Gasteiger partial charge in [-0.15, -0.1) is 0 Å². The van der Waals surface area contributed by atoms with Gasteiger partial charge in [-0.3, -0.25) is 0 Å². The van der Waals surface area contributed by atoms with Crippen molar-refractivity contribution >= 4 is 21.9 Å². The van der Waals surface area contributed by atoms with Gasteiger partial charge < -0.3 is 4.42 Å². The van der Waals surface area contributed by atoms with E-state index in [-0.39, 0.29) is 16.2 Å². The van der Waals surface area contributed by atoms with Gasteiger partial charge in [-0.25, -0.2) is 0 Å². The molecule has 16 rings (SSSR count). The predicted molar refractivity (Wildman–Crippen MR) is 299 cm³/mol. The number of para-hydroxylation sites is 1. The third kappa shape index (κ3) is 5.18. The normalized spacial score (nSPS) is 15.9. The Morgan fingerprint density at radius 2 is 0.639 bits per heavy atom. The predicted octanol–water partition coefficient (Wildman–Crippen LogP) is 18.6. The Labute approximate surface area is 421 Å². The van der Waals surface area contributed by atoms with Crippen molar-refractivity contribution in [3.63, 3.8) is 0 Å². The molecule has 0 bridgehead atoms. The van der Waals surface area contributed by atoms with Gasteiger partial charge in [0.1, 0.15) is 11.2 Å². The Morgan fingerprint density at radius 3 is 1.11 bits per heavy atom. The summed E-state index contributed by atoms with van der Waals surface area (Å²) in [4.78, 5) is 0. The second-order valence-electron chi connectivity index (χ2n) is 23.1. The van der Waals surface area contributed by atoms with Crippen molar-refractivity contribution < 1.29 is 4.42 Å². The van der Waals surface area contributed by atoms with Gasteiger partial charge in [0.2, 0.25) is 0 Å². The van der Waals surface area contributed by atoms with Crippen LogP contribution >= 0.6 is 0 Å². The first kappa shape index (κ1) is 40.7. The van der Waals surface area contributed by atoms with Crippen LogP contribution in [-0.4, -0.2) is 0 Å². The Balaban J connectivity index is 0.954. The van der Waals surface area contributed by atoms with E-state index in [0.29, 0.717) is 0 Å². The average Bonchev–Trinajstić information content (AvgIpc) is 4.21. The molecule has 1 aromatic heterocycles. The first-order chi connectivity index (χ1) is 34.9. The minimum Gasteiger partial charge on any atom is -0.456 e. The summed E-state index contributed by atoms with van der Waals surface area (Å²) in [6, 6.07) is 69.7. The van der Waals surface area contributed by atoms with Crippen LogP contribution in [0.25, 0.3) is 111 Å². The molecule has 0 saturated heterocycles. The summed E-state index contributed by atoms with van der Waals surface area (Å²) >= 11 is 0. The Morgan fingerprint density at radius 1 is 0.292 bits per heavy atom. The van der Waals surface area contributed by atoms with Crippen molar-refractivity contribution in [1.82, 2.24) is 0 Å². The summed E-state index contributed by atoms with van der Waals surface area (Å²) in [5.74, 6) is 0. The van der Waals surface area contributed by atoms with E-state index in [4.69, 9.17) is 4.42 Å². The molecule has 0 amide bonds. The average molecular weight is 921 g/mol. The third-order valence-electron chi connectivity index (χ3n) is 18.2. The van der Waals surface area contributed by atoms with Crippen LogP contribution < -0.4 is 0 Å². The monoisotopic (exact) mass is 920 g/mol. The zero-order valence-corrected chi connectivity index (χ0v) is 41.6. The van der Waals surface area contributed by atoms with E-state index >= 15 is 0 Å². The molecule has 10 aromatic carbocycles. The highest BCUT2D eigenvalue weighted by Crippen LogP contribution is 2.68. The first-order valence-electron chi connectivity index (χ1n) is 26.0. The zero-order valence-electron chi connectivity index (χ0n) is 41.6. The van der Waals surface area contributed by atoms with Gasteiger partial charge in [-0.2, -0.15) is 0 Å². The van der Waals surface area contributed by atoms with Crippen LogP contribution in [0.4, 0.5) is 0 Å². The molecule has 1 heterocycles. The van der Waals surface area contributed by atoms with Crippen molar-refractivity contribution in [2.75, 3.05) is 0 Å². The van der Waals surface area contributed by atoms with Gasteiger partial charge in [0.25, 0.3) is 0 Å². The van der Waals surface area contributed by atoms with Crippen molar-refractivity contribution in [2.45, 2.75) is 70.6 Å². The van der Waals surface area contributed by atoms with Gasteiger partial charge in [0, 0.05) is 27.0 Å². The van der Waals surface area contributed by atoms with Crippen LogP contribution in [0, 0.1) is 0 Å². The second-order valence-corrected chi connectivity index (χ2v) is 23.1. The molecule has 11 aromatic rings. The number of hydrogen-bond donors (Lipinski definition) is 0. The Kier molecular flexibility index (Phi) is 7.74. The first-order valence-corrected chi connectivity index (χ1v) is 26.0. The Hall–Kier alpha value is -8.00. The molecular weight excluding hydrogens is 869 g/mol. The van der Waals surface area contributed by atoms with E-state index in [9.17, 15) is 0 Å². The SMILES string of the molecule is CC1(C)c2ccc(-c3ccc4c(c3)-c3ccccc3C4)cc2-c2c1c1c(c3c2C(C)(C)c2ccc(-c4ccc5oc6ccccc6c5c4)cc2-3)C(C)(C)c2ccc(-c3ccc4c(c3)-c3ccccc3C4)cc2-1. The minimum atomic E-state index is -0.269. The highest BCUT2D eigenvalue weighted by molar-refractivity contribution is 6.08. The van der Waals surface area contributed by atoms with Crippen LogP contribution in [0.15, 0.2) is 186 Å². The van der Waals surface area contributed by atoms with Crippen molar-refractivity contribution in [3.05, 3.63) is 238 Å². The molecule has 0 atom stereocenters. The van der Waals surface area contributed by atoms with Crippen molar-refractivity contribution in [1.29, 1.82) is 0 Å². The molecule has 0 saturated carbocycles. The molecule has 0 radical (unpaired) electrons. The summed E-state index contributed by atoms with van der Waals surface area (Å²) in [5.41, 5.74) is 36.9. The molecule has 5 aliphatic rings. The lowest BCUT2D eigenvalue weighted by Crippen LogP contribution is -2.22. The number of rotatable bonds is 3. The van der Waals surface area contributed by atoms with Crippen LogP contribution in [0.5, 0.6) is 0 Å². The molecule has 1 heteroatoms. The zero-order chi connectivity index (χ0) is 48.2. The fraction of sp³-hybridized carbons (Fsp3) is 0.155. The van der Waals surface area contributed by atoms with Crippen molar-refractivity contribution in [2.24, 2.45) is 0 Å². The molecule has 0 unspecified atom stereocenters. The molecule has 72 heavy (non-hydrogen) atoms. The van der Waals surface area contributed by atoms with Crippen LogP contribution in [0.2, 0.25) is 0 Å². The van der Waals surface area contributed by atoms with Crippen LogP contribution in [0.3, 0.4) is 0 Å². The summed E-state index contributed by atoms with van der Waals surface area (Å²) in [5, 5.41) is 2.31. The van der Waals surface area contributed by atoms with Gasteiger partial charge in [0.05, 0.1) is 0 Å². The summed E-state index contributed by atoms with van der Waals surface area (Å²) < 4.78 is 6.32. The summed E-state index contributed by atoms with van der Waals surface area (Å²) in [6.45, 7) is 15.0. The largest absolute Gasteiger partial charge is 0.456 e. The van der Waals surface area contributed by atoms with Gasteiger partial charge in [-0.05, 0) is 206 Å². The molecular formula is C71H52O. The van der Waals surface area contributed by atoms with Crippen LogP contribution in [0.1, 0.15) is 97.2 Å². The second kappa shape index (κ2) is 13.7. The third-order valence-corrected chi connectivity index (χ3v) is 18.2. The maximum absolute atomic E-state index is 6.32. The van der Waals surface area contributed by atoms with E-state index in [1.54, 1.807) is 0 Å². The highest BCUT2D eigenvalue weighted by atomic mass is 16.3. The molecule has 0 fully saturated rings. The quantitative estimate of drug-likeness (QED) is 0.172. The fourth-order valence-electron chi connectivity index (χ4n) is 14.8. The van der Waals surface area contributed by atoms with E-state index in [0.717, 1.165) is 34.8 Å². The van der Waals surface area contributed by atoms with Gasteiger partial charge in [0.15, 0.2) is 0 Å². The maximum atomic E-state index is 6.32.